The molecule has 236 valence electrons. The lowest BCUT2D eigenvalue weighted by molar-refractivity contribution is 0.653. The van der Waals surface area contributed by atoms with E-state index in [4.69, 9.17) is 0 Å². The molecule has 2 nitrogen and oxygen atoms in total. The summed E-state index contributed by atoms with van der Waals surface area (Å²) in [5.41, 5.74) is 12.7. The van der Waals surface area contributed by atoms with Crippen molar-refractivity contribution >= 4 is 61.3 Å². The van der Waals surface area contributed by atoms with Crippen molar-refractivity contribution in [3.05, 3.63) is 181 Å². The van der Waals surface area contributed by atoms with Crippen molar-refractivity contribution in [3.63, 3.8) is 0 Å². The van der Waals surface area contributed by atoms with Gasteiger partial charge in [-0.15, -0.1) is 11.8 Å². The standard InChI is InChI=1S/C47H32N2S/c1-47-27-26-36-39-29-32(22-24-42(39)48(33-14-3-2-4-15-33)46(36)45(47)37-18-8-10-21-44(37)50-47)31-23-25-43-38(28-31)35-17-7-9-19-41(35)49(43)40-20-11-13-30-12-5-6-16-34(30)40/h2-29,45H,1H3. The Morgan fingerprint density at radius 2 is 1.20 bits per heavy atom. The van der Waals surface area contributed by atoms with Gasteiger partial charge in [0.15, 0.2) is 0 Å². The van der Waals surface area contributed by atoms with Gasteiger partial charge in [-0.25, -0.2) is 0 Å². The van der Waals surface area contributed by atoms with Crippen LogP contribution in [-0.2, 0) is 0 Å². The highest BCUT2D eigenvalue weighted by atomic mass is 32.2. The van der Waals surface area contributed by atoms with Gasteiger partial charge in [-0.1, -0.05) is 115 Å². The van der Waals surface area contributed by atoms with Gasteiger partial charge in [0.1, 0.15) is 0 Å². The summed E-state index contributed by atoms with van der Waals surface area (Å²) < 4.78 is 4.93. The first-order valence-electron chi connectivity index (χ1n) is 17.4. The van der Waals surface area contributed by atoms with Crippen molar-refractivity contribution in [1.82, 2.24) is 9.13 Å². The predicted octanol–water partition coefficient (Wildman–Crippen LogP) is 12.6. The Morgan fingerprint density at radius 1 is 0.540 bits per heavy atom. The van der Waals surface area contributed by atoms with Crippen LogP contribution in [0.15, 0.2) is 169 Å². The van der Waals surface area contributed by atoms with Gasteiger partial charge in [0.25, 0.3) is 0 Å². The second kappa shape index (κ2) is 10.4. The van der Waals surface area contributed by atoms with Gasteiger partial charge in [0, 0.05) is 54.1 Å². The minimum Gasteiger partial charge on any atom is -0.312 e. The highest BCUT2D eigenvalue weighted by molar-refractivity contribution is 8.01. The normalized spacial score (nSPS) is 17.8. The molecule has 2 atom stereocenters. The van der Waals surface area contributed by atoms with Gasteiger partial charge in [0.05, 0.1) is 22.2 Å². The highest BCUT2D eigenvalue weighted by Gasteiger charge is 2.47. The minimum atomic E-state index is -0.0379. The maximum atomic E-state index is 2.53. The summed E-state index contributed by atoms with van der Waals surface area (Å²) in [4.78, 5) is 1.39. The fourth-order valence-electron chi connectivity index (χ4n) is 8.86. The lowest BCUT2D eigenvalue weighted by atomic mass is 9.78. The van der Waals surface area contributed by atoms with Crippen LogP contribution in [0.3, 0.4) is 0 Å². The minimum absolute atomic E-state index is 0.0379. The smallest absolute Gasteiger partial charge is 0.0541 e. The lowest BCUT2D eigenvalue weighted by Crippen LogP contribution is -2.28. The van der Waals surface area contributed by atoms with E-state index in [0.717, 1.165) is 0 Å². The number of nitrogens with zero attached hydrogens (tertiary/aromatic N) is 2. The molecule has 2 unspecified atom stereocenters. The molecule has 1 aliphatic carbocycles. The molecule has 3 heteroatoms. The second-order valence-corrected chi connectivity index (χ2v) is 15.4. The van der Waals surface area contributed by atoms with E-state index in [9.17, 15) is 0 Å². The lowest BCUT2D eigenvalue weighted by Gasteiger charge is -2.33. The number of para-hydroxylation sites is 2. The van der Waals surface area contributed by atoms with Crippen LogP contribution < -0.4 is 0 Å². The monoisotopic (exact) mass is 656 g/mol. The zero-order valence-electron chi connectivity index (χ0n) is 27.5. The van der Waals surface area contributed by atoms with E-state index in [1.807, 2.05) is 11.8 Å². The van der Waals surface area contributed by atoms with E-state index < -0.39 is 0 Å². The van der Waals surface area contributed by atoms with Crippen molar-refractivity contribution in [2.24, 2.45) is 0 Å². The molecule has 11 rings (SSSR count). The fourth-order valence-corrected chi connectivity index (χ4v) is 10.3. The van der Waals surface area contributed by atoms with Crippen LogP contribution in [0.2, 0.25) is 0 Å². The largest absolute Gasteiger partial charge is 0.312 e. The molecule has 0 bridgehead atoms. The number of hydrogen-bond donors (Lipinski definition) is 0. The molecule has 0 spiro atoms. The third-order valence-electron chi connectivity index (χ3n) is 11.1. The topological polar surface area (TPSA) is 9.86 Å². The van der Waals surface area contributed by atoms with E-state index in [1.165, 1.54) is 87.7 Å². The molecule has 2 aromatic heterocycles. The first-order valence-corrected chi connectivity index (χ1v) is 18.2. The van der Waals surface area contributed by atoms with Crippen molar-refractivity contribution in [2.45, 2.75) is 22.5 Å². The van der Waals surface area contributed by atoms with E-state index in [0.29, 0.717) is 0 Å². The van der Waals surface area contributed by atoms with E-state index in [2.05, 4.69) is 186 Å². The summed E-state index contributed by atoms with van der Waals surface area (Å²) in [6, 6.07) is 58.2. The summed E-state index contributed by atoms with van der Waals surface area (Å²) in [6.07, 6.45) is 4.86. The van der Waals surface area contributed by atoms with Crippen LogP contribution in [0, 0.1) is 0 Å². The molecule has 3 heterocycles. The molecule has 1 aliphatic heterocycles. The average molecular weight is 657 g/mol. The highest BCUT2D eigenvalue weighted by Crippen LogP contribution is 2.60. The third-order valence-corrected chi connectivity index (χ3v) is 12.5. The van der Waals surface area contributed by atoms with Crippen LogP contribution >= 0.6 is 11.8 Å². The maximum absolute atomic E-state index is 2.53. The molecule has 0 N–H and O–H groups in total. The maximum Gasteiger partial charge on any atom is 0.0541 e. The number of fused-ring (bicyclic) bond motifs is 11. The molecule has 0 fully saturated rings. The Hall–Kier alpha value is -5.77. The number of benzene rings is 7. The van der Waals surface area contributed by atoms with Crippen molar-refractivity contribution in [1.29, 1.82) is 0 Å². The van der Waals surface area contributed by atoms with Crippen LogP contribution in [0.1, 0.15) is 29.7 Å². The first-order chi connectivity index (χ1) is 24.7. The summed E-state index contributed by atoms with van der Waals surface area (Å²) in [5.74, 6) is 0.260. The molecular weight excluding hydrogens is 625 g/mol. The second-order valence-electron chi connectivity index (χ2n) is 13.9. The van der Waals surface area contributed by atoms with Crippen molar-refractivity contribution in [3.8, 4) is 22.5 Å². The van der Waals surface area contributed by atoms with Gasteiger partial charge in [-0.3, -0.25) is 0 Å². The number of rotatable bonds is 3. The Kier molecular flexibility index (Phi) is 5.83. The average Bonchev–Trinajstić information content (AvgIpc) is 3.78. The summed E-state index contributed by atoms with van der Waals surface area (Å²) in [6.45, 7) is 2.41. The summed E-state index contributed by atoms with van der Waals surface area (Å²) in [7, 11) is 0. The van der Waals surface area contributed by atoms with Crippen molar-refractivity contribution in [2.75, 3.05) is 0 Å². The number of hydrogen-bond acceptors (Lipinski definition) is 1. The van der Waals surface area contributed by atoms with E-state index in [-0.39, 0.29) is 10.7 Å². The first kappa shape index (κ1) is 28.1. The van der Waals surface area contributed by atoms with Gasteiger partial charge >= 0.3 is 0 Å². The van der Waals surface area contributed by atoms with Crippen LogP contribution in [0.25, 0.3) is 72.1 Å². The summed E-state index contributed by atoms with van der Waals surface area (Å²) >= 11 is 2.00. The van der Waals surface area contributed by atoms with Gasteiger partial charge < -0.3 is 9.13 Å². The quantitative estimate of drug-likeness (QED) is 0.184. The SMILES string of the molecule is CC12C=Cc3c(n(-c4ccccc4)c4ccc(-c5ccc6c(c5)c5ccccc5n6-c5cccc6ccccc56)cc34)C1c1ccccc1S2. The Morgan fingerprint density at radius 3 is 2.06 bits per heavy atom. The Labute approximate surface area is 294 Å². The zero-order chi connectivity index (χ0) is 33.0. The van der Waals surface area contributed by atoms with Gasteiger partial charge in [-0.05, 0) is 83.6 Å². The Balaban J connectivity index is 1.14. The zero-order valence-corrected chi connectivity index (χ0v) is 28.4. The molecule has 0 radical (unpaired) electrons. The van der Waals surface area contributed by atoms with Crippen LogP contribution in [0.5, 0.6) is 0 Å². The van der Waals surface area contributed by atoms with Gasteiger partial charge in [0.2, 0.25) is 0 Å². The molecule has 7 aromatic carbocycles. The molecule has 50 heavy (non-hydrogen) atoms. The third kappa shape index (κ3) is 3.87. The van der Waals surface area contributed by atoms with Crippen LogP contribution in [0.4, 0.5) is 0 Å². The number of aromatic nitrogens is 2. The van der Waals surface area contributed by atoms with Gasteiger partial charge in [-0.2, -0.15) is 0 Å². The van der Waals surface area contributed by atoms with Crippen molar-refractivity contribution < 1.29 is 0 Å². The Bertz CT molecular complexity index is 2870. The summed E-state index contributed by atoms with van der Waals surface area (Å²) in [5, 5.41) is 6.34. The molecule has 0 saturated carbocycles. The molecule has 0 amide bonds. The molecule has 9 aromatic rings. The molecule has 2 aliphatic rings. The predicted molar refractivity (Wildman–Crippen MR) is 212 cm³/mol. The fraction of sp³-hybridized carbons (Fsp3) is 0.0638. The molecule has 0 saturated heterocycles. The van der Waals surface area contributed by atoms with E-state index in [1.54, 1.807) is 0 Å². The molecular formula is C47H32N2S. The number of thioether (sulfide) groups is 1. The van der Waals surface area contributed by atoms with E-state index >= 15 is 0 Å². The van der Waals surface area contributed by atoms with Crippen LogP contribution in [-0.4, -0.2) is 13.9 Å².